The van der Waals surface area contributed by atoms with Gasteiger partial charge < -0.3 is 5.11 Å². The first kappa shape index (κ1) is 9.23. The lowest BCUT2D eigenvalue weighted by molar-refractivity contribution is 0.0621. The van der Waals surface area contributed by atoms with Crippen molar-refractivity contribution in [2.75, 3.05) is 0 Å². The van der Waals surface area contributed by atoms with E-state index in [0.29, 0.717) is 11.5 Å². The Bertz CT molecular complexity index is 363. The molecule has 2 rings (SSSR count). The van der Waals surface area contributed by atoms with Gasteiger partial charge in [0, 0.05) is 0 Å². The molecule has 1 aromatic carbocycles. The number of hydrogen-bond acceptors (Lipinski definition) is 2. The van der Waals surface area contributed by atoms with E-state index < -0.39 is 0 Å². The Hall–Kier alpha value is -1.33. The molecule has 1 aliphatic carbocycles. The Labute approximate surface area is 83.8 Å². The summed E-state index contributed by atoms with van der Waals surface area (Å²) in [5.41, 5.74) is 1.51. The van der Waals surface area contributed by atoms with Crippen molar-refractivity contribution in [3.8, 4) is 6.07 Å². The minimum absolute atomic E-state index is 0.378. The van der Waals surface area contributed by atoms with Gasteiger partial charge in [0.05, 0.1) is 17.7 Å². The Morgan fingerprint density at radius 2 is 2.21 bits per heavy atom. The lowest BCUT2D eigenvalue weighted by Crippen LogP contribution is -2.19. The lowest BCUT2D eigenvalue weighted by Gasteiger charge is -2.30. The van der Waals surface area contributed by atoms with Crippen LogP contribution in [0.4, 0.5) is 0 Å². The zero-order valence-electron chi connectivity index (χ0n) is 7.98. The van der Waals surface area contributed by atoms with Crippen LogP contribution in [-0.2, 0) is 0 Å². The molecular formula is C12H13NO. The highest BCUT2D eigenvalue weighted by atomic mass is 16.3. The molecule has 1 aromatic rings. The number of nitriles is 1. The second-order valence-corrected chi connectivity index (χ2v) is 3.87. The fourth-order valence-electron chi connectivity index (χ4n) is 1.82. The molecule has 14 heavy (non-hydrogen) atoms. The number of hydrogen-bond donors (Lipinski definition) is 1. The van der Waals surface area contributed by atoms with Gasteiger partial charge in [0.25, 0.3) is 0 Å². The Morgan fingerprint density at radius 1 is 1.43 bits per heavy atom. The second-order valence-electron chi connectivity index (χ2n) is 3.87. The molecule has 0 spiro atoms. The van der Waals surface area contributed by atoms with Crippen LogP contribution in [0.25, 0.3) is 0 Å². The first-order chi connectivity index (χ1) is 6.81. The summed E-state index contributed by atoms with van der Waals surface area (Å²) in [6.07, 6.45) is 3.06. The highest BCUT2D eigenvalue weighted by molar-refractivity contribution is 5.34. The van der Waals surface area contributed by atoms with E-state index in [1.165, 1.54) is 6.42 Å². The average Bonchev–Trinajstić information content (AvgIpc) is 2.15. The normalized spacial score (nSPS) is 18.3. The average molecular weight is 187 g/mol. The van der Waals surface area contributed by atoms with Gasteiger partial charge in [-0.25, -0.2) is 0 Å². The number of nitrogens with zero attached hydrogens (tertiary/aromatic N) is 1. The Balaban J connectivity index is 2.18. The summed E-state index contributed by atoms with van der Waals surface area (Å²) in [6, 6.07) is 9.35. The van der Waals surface area contributed by atoms with Crippen LogP contribution in [0.3, 0.4) is 0 Å². The molecule has 0 saturated heterocycles. The molecule has 1 aliphatic rings. The third-order valence-electron chi connectivity index (χ3n) is 2.95. The molecule has 1 unspecified atom stereocenters. The van der Waals surface area contributed by atoms with Crippen molar-refractivity contribution < 1.29 is 5.11 Å². The summed E-state index contributed by atoms with van der Waals surface area (Å²) < 4.78 is 0. The van der Waals surface area contributed by atoms with E-state index in [-0.39, 0.29) is 6.10 Å². The molecule has 0 aromatic heterocycles. The number of benzene rings is 1. The molecule has 2 heteroatoms. The molecular weight excluding hydrogens is 174 g/mol. The zero-order chi connectivity index (χ0) is 9.97. The molecule has 0 aliphatic heterocycles. The first-order valence-corrected chi connectivity index (χ1v) is 4.99. The van der Waals surface area contributed by atoms with Gasteiger partial charge >= 0.3 is 0 Å². The summed E-state index contributed by atoms with van der Waals surface area (Å²) in [7, 11) is 0. The van der Waals surface area contributed by atoms with E-state index in [9.17, 15) is 5.11 Å². The molecule has 0 bridgehead atoms. The maximum absolute atomic E-state index is 9.95. The number of aliphatic hydroxyl groups is 1. The van der Waals surface area contributed by atoms with Crippen LogP contribution in [0.15, 0.2) is 24.3 Å². The first-order valence-electron chi connectivity index (χ1n) is 4.99. The third-order valence-corrected chi connectivity index (χ3v) is 2.95. The highest BCUT2D eigenvalue weighted by Gasteiger charge is 2.26. The smallest absolute Gasteiger partial charge is 0.0991 e. The number of aliphatic hydroxyl groups excluding tert-OH is 1. The monoisotopic (exact) mass is 187 g/mol. The van der Waals surface area contributed by atoms with Crippen molar-refractivity contribution in [1.82, 2.24) is 0 Å². The second kappa shape index (κ2) is 3.81. The van der Waals surface area contributed by atoms with E-state index in [4.69, 9.17) is 5.26 Å². The molecule has 1 atom stereocenters. The van der Waals surface area contributed by atoms with Crippen LogP contribution in [0.5, 0.6) is 0 Å². The zero-order valence-corrected chi connectivity index (χ0v) is 7.98. The van der Waals surface area contributed by atoms with E-state index in [1.807, 2.05) is 12.1 Å². The van der Waals surface area contributed by atoms with Crippen LogP contribution in [0, 0.1) is 17.2 Å². The van der Waals surface area contributed by atoms with Gasteiger partial charge in [0.1, 0.15) is 0 Å². The fourth-order valence-corrected chi connectivity index (χ4v) is 1.82. The quantitative estimate of drug-likeness (QED) is 0.772. The topological polar surface area (TPSA) is 44.0 Å². The molecule has 0 heterocycles. The largest absolute Gasteiger partial charge is 0.388 e. The van der Waals surface area contributed by atoms with Crippen LogP contribution in [0.1, 0.15) is 36.5 Å². The Kier molecular flexibility index (Phi) is 2.51. The lowest BCUT2D eigenvalue weighted by atomic mass is 9.78. The summed E-state index contributed by atoms with van der Waals surface area (Å²) in [5, 5.41) is 18.7. The van der Waals surface area contributed by atoms with Crippen LogP contribution < -0.4 is 0 Å². The van der Waals surface area contributed by atoms with Crippen molar-refractivity contribution in [3.63, 3.8) is 0 Å². The van der Waals surface area contributed by atoms with Crippen LogP contribution in [-0.4, -0.2) is 5.11 Å². The van der Waals surface area contributed by atoms with E-state index in [1.54, 1.807) is 12.1 Å². The minimum Gasteiger partial charge on any atom is -0.388 e. The molecule has 72 valence electrons. The van der Waals surface area contributed by atoms with Gasteiger partial charge in [-0.1, -0.05) is 18.6 Å². The maximum Gasteiger partial charge on any atom is 0.0991 e. The van der Waals surface area contributed by atoms with Crippen molar-refractivity contribution in [3.05, 3.63) is 35.4 Å². The number of rotatable bonds is 2. The molecule has 0 amide bonds. The van der Waals surface area contributed by atoms with Crippen LogP contribution >= 0.6 is 0 Å². The van der Waals surface area contributed by atoms with Crippen molar-refractivity contribution >= 4 is 0 Å². The van der Waals surface area contributed by atoms with E-state index in [2.05, 4.69) is 6.07 Å². The van der Waals surface area contributed by atoms with Crippen molar-refractivity contribution in [2.24, 2.45) is 5.92 Å². The molecule has 0 radical (unpaired) electrons. The predicted molar refractivity (Wildman–Crippen MR) is 53.5 cm³/mol. The van der Waals surface area contributed by atoms with Crippen molar-refractivity contribution in [1.29, 1.82) is 5.26 Å². The van der Waals surface area contributed by atoms with Crippen LogP contribution in [0.2, 0.25) is 0 Å². The molecule has 1 fully saturated rings. The fraction of sp³-hybridized carbons (Fsp3) is 0.417. The van der Waals surface area contributed by atoms with Crippen molar-refractivity contribution in [2.45, 2.75) is 25.4 Å². The van der Waals surface area contributed by atoms with Gasteiger partial charge in [-0.2, -0.15) is 5.26 Å². The molecule has 1 N–H and O–H groups in total. The molecule has 1 saturated carbocycles. The standard InChI is InChI=1S/C12H13NO/c13-8-9-3-1-6-11(7-9)12(14)10-4-2-5-10/h1,3,6-7,10,12,14H,2,4-5H2. The maximum atomic E-state index is 9.95. The third kappa shape index (κ3) is 1.64. The van der Waals surface area contributed by atoms with Gasteiger partial charge in [-0.15, -0.1) is 0 Å². The summed E-state index contributed by atoms with van der Waals surface area (Å²) >= 11 is 0. The summed E-state index contributed by atoms with van der Waals surface area (Å²) in [5.74, 6) is 0.406. The SMILES string of the molecule is N#Cc1cccc(C(O)C2CCC2)c1. The van der Waals surface area contributed by atoms with E-state index in [0.717, 1.165) is 18.4 Å². The van der Waals surface area contributed by atoms with Gasteiger partial charge in [-0.05, 0) is 36.5 Å². The van der Waals surface area contributed by atoms with Gasteiger partial charge in [-0.3, -0.25) is 0 Å². The predicted octanol–water partition coefficient (Wildman–Crippen LogP) is 2.39. The highest BCUT2D eigenvalue weighted by Crippen LogP contribution is 2.37. The van der Waals surface area contributed by atoms with E-state index >= 15 is 0 Å². The summed E-state index contributed by atoms with van der Waals surface area (Å²) in [4.78, 5) is 0. The van der Waals surface area contributed by atoms with Gasteiger partial charge in [0.2, 0.25) is 0 Å². The summed E-state index contributed by atoms with van der Waals surface area (Å²) in [6.45, 7) is 0. The molecule has 2 nitrogen and oxygen atoms in total. The minimum atomic E-state index is -0.378. The Morgan fingerprint density at radius 3 is 2.79 bits per heavy atom. The van der Waals surface area contributed by atoms with Gasteiger partial charge in [0.15, 0.2) is 0 Å².